The smallest absolute Gasteiger partial charge is 0.325 e. The normalized spacial score (nSPS) is 10.5. The fraction of sp³-hybridized carbons (Fsp3) is 0.300. The summed E-state index contributed by atoms with van der Waals surface area (Å²) in [5.41, 5.74) is 0. The van der Waals surface area contributed by atoms with E-state index in [1.807, 2.05) is 13.0 Å². The number of carbonyl (C=O) groups excluding carboxylic acids is 1. The average molecular weight is 272 g/mol. The lowest BCUT2D eigenvalue weighted by atomic mass is 10.3. The standard InChI is InChI=1S/C10H10ClN3O2S/c1-5-3-6-8(12-4-7(15)16-2)13-10(11)14-9(6)17-5/h3H,4H2,1-2H3,(H,12,13,14). The minimum absolute atomic E-state index is 0.0494. The van der Waals surface area contributed by atoms with Crippen molar-refractivity contribution in [2.45, 2.75) is 6.92 Å². The number of aryl methyl sites for hydroxylation is 1. The summed E-state index contributed by atoms with van der Waals surface area (Å²) in [4.78, 5) is 21.1. The molecule has 17 heavy (non-hydrogen) atoms. The predicted molar refractivity (Wildman–Crippen MR) is 67.7 cm³/mol. The molecule has 0 radical (unpaired) electrons. The molecule has 0 atom stereocenters. The van der Waals surface area contributed by atoms with Crippen LogP contribution in [0.3, 0.4) is 0 Å². The third kappa shape index (κ3) is 2.65. The van der Waals surface area contributed by atoms with Crippen LogP contribution in [0.2, 0.25) is 5.28 Å². The van der Waals surface area contributed by atoms with Gasteiger partial charge in [-0.05, 0) is 24.6 Å². The zero-order valence-electron chi connectivity index (χ0n) is 9.28. The van der Waals surface area contributed by atoms with E-state index in [0.29, 0.717) is 5.82 Å². The molecule has 0 saturated heterocycles. The number of nitrogens with zero attached hydrogens (tertiary/aromatic N) is 2. The van der Waals surface area contributed by atoms with E-state index < -0.39 is 0 Å². The first-order valence-electron chi connectivity index (χ1n) is 4.84. The molecule has 2 heterocycles. The van der Waals surface area contributed by atoms with Crippen LogP contribution >= 0.6 is 22.9 Å². The van der Waals surface area contributed by atoms with Crippen molar-refractivity contribution in [2.75, 3.05) is 19.0 Å². The fourth-order valence-electron chi connectivity index (χ4n) is 1.38. The van der Waals surface area contributed by atoms with Gasteiger partial charge in [-0.3, -0.25) is 4.79 Å². The van der Waals surface area contributed by atoms with Crippen LogP contribution in [-0.4, -0.2) is 29.6 Å². The summed E-state index contributed by atoms with van der Waals surface area (Å²) in [6.45, 7) is 2.03. The molecule has 0 aliphatic rings. The van der Waals surface area contributed by atoms with Crippen molar-refractivity contribution < 1.29 is 9.53 Å². The van der Waals surface area contributed by atoms with E-state index in [4.69, 9.17) is 11.6 Å². The van der Waals surface area contributed by atoms with E-state index in [0.717, 1.165) is 15.1 Å². The highest BCUT2D eigenvalue weighted by atomic mass is 35.5. The molecule has 0 amide bonds. The van der Waals surface area contributed by atoms with Gasteiger partial charge in [-0.2, -0.15) is 0 Å². The Labute approximate surface area is 107 Å². The number of esters is 1. The molecule has 0 fully saturated rings. The van der Waals surface area contributed by atoms with Crippen LogP contribution in [0.4, 0.5) is 5.82 Å². The van der Waals surface area contributed by atoms with E-state index in [9.17, 15) is 4.79 Å². The number of hydrogen-bond donors (Lipinski definition) is 1. The third-order valence-corrected chi connectivity index (χ3v) is 3.23. The van der Waals surface area contributed by atoms with Crippen molar-refractivity contribution in [3.63, 3.8) is 0 Å². The number of halogens is 1. The molecule has 2 aromatic rings. The zero-order valence-corrected chi connectivity index (χ0v) is 10.9. The van der Waals surface area contributed by atoms with E-state index in [2.05, 4.69) is 20.0 Å². The summed E-state index contributed by atoms with van der Waals surface area (Å²) in [6.07, 6.45) is 0. The monoisotopic (exact) mass is 271 g/mol. The van der Waals surface area contributed by atoms with Gasteiger partial charge in [-0.15, -0.1) is 11.3 Å². The van der Waals surface area contributed by atoms with Gasteiger partial charge in [-0.25, -0.2) is 9.97 Å². The molecule has 1 N–H and O–H groups in total. The first kappa shape index (κ1) is 12.1. The molecule has 7 heteroatoms. The number of nitrogens with one attached hydrogen (secondary N) is 1. The summed E-state index contributed by atoms with van der Waals surface area (Å²) in [5.74, 6) is 0.189. The molecule has 0 aromatic carbocycles. The van der Waals surface area contributed by atoms with Crippen molar-refractivity contribution in [2.24, 2.45) is 0 Å². The second-order valence-corrected chi connectivity index (χ2v) is 4.92. The van der Waals surface area contributed by atoms with Crippen molar-refractivity contribution in [3.8, 4) is 0 Å². The van der Waals surface area contributed by atoms with Gasteiger partial charge in [0, 0.05) is 4.88 Å². The summed E-state index contributed by atoms with van der Waals surface area (Å²) in [7, 11) is 1.33. The number of aromatic nitrogens is 2. The number of thiophene rings is 1. The Kier molecular flexibility index (Phi) is 3.44. The molecule has 90 valence electrons. The summed E-state index contributed by atoms with van der Waals surface area (Å²) in [6, 6.07) is 1.95. The summed E-state index contributed by atoms with van der Waals surface area (Å²) in [5, 5.41) is 3.91. The first-order chi connectivity index (χ1) is 8.10. The van der Waals surface area contributed by atoms with Gasteiger partial charge in [0.1, 0.15) is 17.2 Å². The quantitative estimate of drug-likeness (QED) is 0.685. The number of carbonyl (C=O) groups is 1. The molecule has 0 unspecified atom stereocenters. The van der Waals surface area contributed by atoms with Gasteiger partial charge >= 0.3 is 5.97 Å². The van der Waals surface area contributed by atoms with E-state index in [1.165, 1.54) is 18.4 Å². The van der Waals surface area contributed by atoms with Crippen LogP contribution in [0.25, 0.3) is 10.2 Å². The number of fused-ring (bicyclic) bond motifs is 1. The number of anilines is 1. The van der Waals surface area contributed by atoms with Crippen LogP contribution in [0.15, 0.2) is 6.07 Å². The maximum absolute atomic E-state index is 11.1. The Morgan fingerprint density at radius 1 is 1.59 bits per heavy atom. The molecule has 0 aliphatic heterocycles. The second-order valence-electron chi connectivity index (χ2n) is 3.35. The Morgan fingerprint density at radius 2 is 2.35 bits per heavy atom. The Balaban J connectivity index is 2.34. The molecule has 0 spiro atoms. The van der Waals surface area contributed by atoms with Crippen LogP contribution in [0.5, 0.6) is 0 Å². The number of ether oxygens (including phenoxy) is 1. The third-order valence-electron chi connectivity index (χ3n) is 2.12. The fourth-order valence-corrected chi connectivity index (χ4v) is 2.48. The lowest BCUT2D eigenvalue weighted by Gasteiger charge is -2.05. The van der Waals surface area contributed by atoms with Crippen LogP contribution in [-0.2, 0) is 9.53 Å². The molecule has 0 saturated carbocycles. The van der Waals surface area contributed by atoms with E-state index in [1.54, 1.807) is 0 Å². The number of methoxy groups -OCH3 is 1. The van der Waals surface area contributed by atoms with Crippen molar-refractivity contribution in [3.05, 3.63) is 16.2 Å². The average Bonchev–Trinajstić information content (AvgIpc) is 2.65. The highest BCUT2D eigenvalue weighted by Crippen LogP contribution is 2.29. The minimum Gasteiger partial charge on any atom is -0.468 e. The van der Waals surface area contributed by atoms with Gasteiger partial charge < -0.3 is 10.1 Å². The Hall–Kier alpha value is -1.40. The maximum atomic E-state index is 11.1. The minimum atomic E-state index is -0.361. The van der Waals surface area contributed by atoms with Gasteiger partial charge in [0.25, 0.3) is 0 Å². The zero-order chi connectivity index (χ0) is 12.4. The van der Waals surface area contributed by atoms with Gasteiger partial charge in [0.15, 0.2) is 0 Å². The predicted octanol–water partition coefficient (Wildman–Crippen LogP) is 2.24. The SMILES string of the molecule is COC(=O)CNc1nc(Cl)nc2sc(C)cc12. The van der Waals surface area contributed by atoms with E-state index >= 15 is 0 Å². The largest absolute Gasteiger partial charge is 0.468 e. The van der Waals surface area contributed by atoms with Crippen LogP contribution in [0.1, 0.15) is 4.88 Å². The Morgan fingerprint density at radius 3 is 3.06 bits per heavy atom. The lowest BCUT2D eigenvalue weighted by Crippen LogP contribution is -2.15. The molecule has 5 nitrogen and oxygen atoms in total. The number of rotatable bonds is 3. The van der Waals surface area contributed by atoms with Crippen LogP contribution < -0.4 is 5.32 Å². The molecule has 2 aromatic heterocycles. The van der Waals surface area contributed by atoms with Crippen LogP contribution in [0, 0.1) is 6.92 Å². The molecule has 0 aliphatic carbocycles. The van der Waals surface area contributed by atoms with Crippen molar-refractivity contribution >= 4 is 44.9 Å². The van der Waals surface area contributed by atoms with E-state index in [-0.39, 0.29) is 17.8 Å². The maximum Gasteiger partial charge on any atom is 0.325 e. The van der Waals surface area contributed by atoms with Gasteiger partial charge in [0.05, 0.1) is 12.5 Å². The number of hydrogen-bond acceptors (Lipinski definition) is 6. The Bertz CT molecular complexity index is 570. The highest BCUT2D eigenvalue weighted by Gasteiger charge is 2.10. The van der Waals surface area contributed by atoms with Crippen molar-refractivity contribution in [1.82, 2.24) is 9.97 Å². The first-order valence-corrected chi connectivity index (χ1v) is 6.04. The summed E-state index contributed by atoms with van der Waals surface area (Å²) >= 11 is 7.34. The topological polar surface area (TPSA) is 64.1 Å². The molecule has 0 bridgehead atoms. The summed E-state index contributed by atoms with van der Waals surface area (Å²) < 4.78 is 4.54. The second kappa shape index (κ2) is 4.85. The molecular weight excluding hydrogens is 262 g/mol. The highest BCUT2D eigenvalue weighted by molar-refractivity contribution is 7.18. The van der Waals surface area contributed by atoms with Gasteiger partial charge in [0.2, 0.25) is 5.28 Å². The lowest BCUT2D eigenvalue weighted by molar-refractivity contribution is -0.138. The van der Waals surface area contributed by atoms with Crippen molar-refractivity contribution in [1.29, 1.82) is 0 Å². The molecular formula is C10H10ClN3O2S. The molecule has 2 rings (SSSR count). The van der Waals surface area contributed by atoms with Gasteiger partial charge in [-0.1, -0.05) is 0 Å².